The monoisotopic (exact) mass is 295 g/mol. The molecule has 0 saturated heterocycles. The lowest BCUT2D eigenvalue weighted by Gasteiger charge is -2.20. The largest absolute Gasteiger partial charge is 0.355 e. The Labute approximate surface area is 123 Å². The van der Waals surface area contributed by atoms with E-state index in [0.717, 1.165) is 17.9 Å². The van der Waals surface area contributed by atoms with E-state index in [-0.39, 0.29) is 0 Å². The van der Waals surface area contributed by atoms with Crippen molar-refractivity contribution in [2.24, 2.45) is 0 Å². The minimum absolute atomic E-state index is 0.299. The number of halogens is 2. The van der Waals surface area contributed by atoms with Gasteiger partial charge in [0, 0.05) is 19.2 Å². The molecule has 2 aromatic rings. The third-order valence-corrected chi connectivity index (χ3v) is 3.50. The van der Waals surface area contributed by atoms with Crippen LogP contribution < -0.4 is 4.90 Å². The highest BCUT2D eigenvalue weighted by atomic mass is 35.5. The van der Waals surface area contributed by atoms with Crippen LogP contribution in [0.2, 0.25) is 5.15 Å². The maximum atomic E-state index is 6.04. The van der Waals surface area contributed by atoms with Gasteiger partial charge in [-0.05, 0) is 12.5 Å². The summed E-state index contributed by atoms with van der Waals surface area (Å²) < 4.78 is 0. The van der Waals surface area contributed by atoms with Crippen LogP contribution in [0, 0.1) is 6.92 Å². The zero-order valence-corrected chi connectivity index (χ0v) is 12.4. The number of anilines is 1. The van der Waals surface area contributed by atoms with Crippen LogP contribution in [0.3, 0.4) is 0 Å². The van der Waals surface area contributed by atoms with Crippen molar-refractivity contribution in [2.75, 3.05) is 11.9 Å². The second-order valence-electron chi connectivity index (χ2n) is 4.44. The minimum atomic E-state index is 0.299. The van der Waals surface area contributed by atoms with E-state index < -0.39 is 0 Å². The molecule has 0 aliphatic heterocycles. The molecule has 0 aliphatic carbocycles. The number of hydrogen-bond donors (Lipinski definition) is 0. The summed E-state index contributed by atoms with van der Waals surface area (Å²) in [4.78, 5) is 10.2. The molecule has 2 rings (SSSR count). The van der Waals surface area contributed by atoms with Gasteiger partial charge in [-0.25, -0.2) is 9.97 Å². The van der Waals surface area contributed by atoms with E-state index in [0.29, 0.717) is 11.0 Å². The summed E-state index contributed by atoms with van der Waals surface area (Å²) >= 11 is 11.9. The maximum Gasteiger partial charge on any atom is 0.138 e. The Morgan fingerprint density at radius 2 is 1.84 bits per heavy atom. The molecule has 0 aliphatic rings. The van der Waals surface area contributed by atoms with Gasteiger partial charge in [0.1, 0.15) is 17.3 Å². The van der Waals surface area contributed by atoms with Gasteiger partial charge < -0.3 is 4.90 Å². The summed E-state index contributed by atoms with van der Waals surface area (Å²) in [6, 6.07) is 8.40. The molecule has 0 unspecified atom stereocenters. The van der Waals surface area contributed by atoms with E-state index in [9.17, 15) is 0 Å². The highest BCUT2D eigenvalue weighted by Crippen LogP contribution is 2.25. The Morgan fingerprint density at radius 1 is 1.16 bits per heavy atom. The van der Waals surface area contributed by atoms with Crippen LogP contribution in [0.1, 0.15) is 16.7 Å². The first-order chi connectivity index (χ1) is 9.11. The van der Waals surface area contributed by atoms with E-state index >= 15 is 0 Å². The molecule has 5 heteroatoms. The average Bonchev–Trinajstić information content (AvgIpc) is 2.41. The summed E-state index contributed by atoms with van der Waals surface area (Å²) in [7, 11) is 1.97. The zero-order valence-electron chi connectivity index (χ0n) is 10.9. The number of aromatic nitrogens is 2. The van der Waals surface area contributed by atoms with Crippen molar-refractivity contribution in [2.45, 2.75) is 19.3 Å². The van der Waals surface area contributed by atoms with Crippen LogP contribution in [0.5, 0.6) is 0 Å². The number of hydrogen-bond acceptors (Lipinski definition) is 3. The van der Waals surface area contributed by atoms with E-state index in [1.807, 2.05) is 11.9 Å². The van der Waals surface area contributed by atoms with Crippen LogP contribution in [0.4, 0.5) is 5.82 Å². The summed E-state index contributed by atoms with van der Waals surface area (Å²) in [5.74, 6) is 1.07. The van der Waals surface area contributed by atoms with Crippen LogP contribution in [0.25, 0.3) is 0 Å². The SMILES string of the molecule is Cc1ccc(CN(C)c2ncnc(Cl)c2CCl)cc1. The minimum Gasteiger partial charge on any atom is -0.355 e. The molecule has 0 amide bonds. The quantitative estimate of drug-likeness (QED) is 0.634. The molecule has 100 valence electrons. The summed E-state index contributed by atoms with van der Waals surface area (Å²) in [5.41, 5.74) is 3.22. The van der Waals surface area contributed by atoms with E-state index in [1.165, 1.54) is 17.5 Å². The first-order valence-corrected chi connectivity index (χ1v) is 6.85. The van der Waals surface area contributed by atoms with Crippen molar-refractivity contribution in [3.05, 3.63) is 52.4 Å². The topological polar surface area (TPSA) is 29.0 Å². The van der Waals surface area contributed by atoms with Crippen LogP contribution in [-0.4, -0.2) is 17.0 Å². The summed E-state index contributed by atoms with van der Waals surface area (Å²) in [5, 5.41) is 0.413. The predicted molar refractivity (Wildman–Crippen MR) is 79.9 cm³/mol. The number of rotatable bonds is 4. The number of nitrogens with zero attached hydrogens (tertiary/aromatic N) is 3. The Hall–Kier alpha value is -1.32. The van der Waals surface area contributed by atoms with Gasteiger partial charge in [-0.1, -0.05) is 41.4 Å². The fraction of sp³-hybridized carbons (Fsp3) is 0.286. The first kappa shape index (κ1) is 14.1. The molecule has 1 aromatic heterocycles. The van der Waals surface area contributed by atoms with Crippen molar-refractivity contribution >= 4 is 29.0 Å². The molecule has 0 N–H and O–H groups in total. The maximum absolute atomic E-state index is 6.04. The second kappa shape index (κ2) is 6.22. The molecule has 19 heavy (non-hydrogen) atoms. The molecule has 0 radical (unpaired) electrons. The fourth-order valence-corrected chi connectivity index (χ4v) is 2.38. The Balaban J connectivity index is 2.22. The molecule has 0 atom stereocenters. The van der Waals surface area contributed by atoms with Gasteiger partial charge in [0.15, 0.2) is 0 Å². The number of benzene rings is 1. The third kappa shape index (κ3) is 3.37. The molecule has 1 heterocycles. The molecule has 3 nitrogen and oxygen atoms in total. The van der Waals surface area contributed by atoms with Crippen molar-refractivity contribution in [1.29, 1.82) is 0 Å². The smallest absolute Gasteiger partial charge is 0.138 e. The normalized spacial score (nSPS) is 10.5. The van der Waals surface area contributed by atoms with E-state index in [1.54, 1.807) is 0 Å². The number of alkyl halides is 1. The fourth-order valence-electron chi connectivity index (χ4n) is 1.87. The van der Waals surface area contributed by atoms with E-state index in [4.69, 9.17) is 23.2 Å². The van der Waals surface area contributed by atoms with Gasteiger partial charge in [0.05, 0.1) is 5.88 Å². The second-order valence-corrected chi connectivity index (χ2v) is 5.07. The first-order valence-electron chi connectivity index (χ1n) is 5.94. The molecule has 0 fully saturated rings. The standard InChI is InChI=1S/C14H15Cl2N3/c1-10-3-5-11(6-4-10)8-19(2)14-12(7-15)13(16)17-9-18-14/h3-6,9H,7-8H2,1-2H3. The molecule has 0 saturated carbocycles. The zero-order chi connectivity index (χ0) is 13.8. The van der Waals surface area contributed by atoms with Crippen LogP contribution >= 0.6 is 23.2 Å². The van der Waals surface area contributed by atoms with Gasteiger partial charge in [-0.3, -0.25) is 0 Å². The highest BCUT2D eigenvalue weighted by molar-refractivity contribution is 6.31. The summed E-state index contributed by atoms with van der Waals surface area (Å²) in [6.45, 7) is 2.82. The molecule has 1 aromatic carbocycles. The lowest BCUT2D eigenvalue weighted by molar-refractivity contribution is 0.879. The van der Waals surface area contributed by atoms with Gasteiger partial charge >= 0.3 is 0 Å². The third-order valence-electron chi connectivity index (χ3n) is 2.91. The molecular formula is C14H15Cl2N3. The Morgan fingerprint density at radius 3 is 2.47 bits per heavy atom. The molecule has 0 spiro atoms. The lowest BCUT2D eigenvalue weighted by Crippen LogP contribution is -2.19. The van der Waals surface area contributed by atoms with Crippen molar-refractivity contribution in [3.63, 3.8) is 0 Å². The van der Waals surface area contributed by atoms with Gasteiger partial charge in [-0.2, -0.15) is 0 Å². The van der Waals surface area contributed by atoms with Crippen molar-refractivity contribution in [3.8, 4) is 0 Å². The highest BCUT2D eigenvalue weighted by Gasteiger charge is 2.13. The van der Waals surface area contributed by atoms with Gasteiger partial charge in [0.2, 0.25) is 0 Å². The Kier molecular flexibility index (Phi) is 4.61. The van der Waals surface area contributed by atoms with Crippen LogP contribution in [0.15, 0.2) is 30.6 Å². The van der Waals surface area contributed by atoms with Crippen LogP contribution in [-0.2, 0) is 12.4 Å². The number of aryl methyl sites for hydroxylation is 1. The lowest BCUT2D eigenvalue weighted by atomic mass is 10.1. The Bertz CT molecular complexity index is 555. The van der Waals surface area contributed by atoms with Crippen molar-refractivity contribution in [1.82, 2.24) is 9.97 Å². The van der Waals surface area contributed by atoms with Crippen molar-refractivity contribution < 1.29 is 0 Å². The predicted octanol–water partition coefficient (Wildman–Crippen LogP) is 3.81. The molecule has 0 bridgehead atoms. The molecular weight excluding hydrogens is 281 g/mol. The summed E-state index contributed by atoms with van der Waals surface area (Å²) in [6.07, 6.45) is 1.46. The van der Waals surface area contributed by atoms with E-state index in [2.05, 4.69) is 41.2 Å². The average molecular weight is 296 g/mol. The van der Waals surface area contributed by atoms with Gasteiger partial charge in [-0.15, -0.1) is 11.6 Å². The van der Waals surface area contributed by atoms with Gasteiger partial charge in [0.25, 0.3) is 0 Å².